The Balaban J connectivity index is 2.54. The Morgan fingerprint density at radius 1 is 1.33 bits per heavy atom. The maximum absolute atomic E-state index is 11.7. The number of hydrogen-bond donors (Lipinski definition) is 1. The molecule has 0 fully saturated rings. The van der Waals surface area contributed by atoms with E-state index >= 15 is 0 Å². The molecule has 0 heterocycles. The fraction of sp³-hybridized carbons (Fsp3) is 0.222. The predicted octanol–water partition coefficient (Wildman–Crippen LogP) is 1.39. The predicted molar refractivity (Wildman–Crippen MR) is 44.8 cm³/mol. The molecule has 1 amide bonds. The van der Waals surface area contributed by atoms with Gasteiger partial charge in [-0.3, -0.25) is 4.79 Å². The lowest BCUT2D eigenvalue weighted by Crippen LogP contribution is -2.25. The van der Waals surface area contributed by atoms with Crippen molar-refractivity contribution in [3.8, 4) is 0 Å². The van der Waals surface area contributed by atoms with E-state index in [4.69, 9.17) is 0 Å². The van der Waals surface area contributed by atoms with Crippen LogP contribution in [-0.2, 0) is 0 Å². The van der Waals surface area contributed by atoms with Gasteiger partial charge in [-0.1, -0.05) is 18.2 Å². The summed E-state index contributed by atoms with van der Waals surface area (Å²) < 4.78 is 11.7. The lowest BCUT2D eigenvalue weighted by Gasteiger charge is -2.00. The van der Waals surface area contributed by atoms with Crippen LogP contribution >= 0.6 is 0 Å². The Morgan fingerprint density at radius 2 is 2.00 bits per heavy atom. The van der Waals surface area contributed by atoms with Crippen molar-refractivity contribution in [3.63, 3.8) is 0 Å². The van der Waals surface area contributed by atoms with E-state index in [1.165, 1.54) is 0 Å². The Bertz CT molecular complexity index is 248. The zero-order chi connectivity index (χ0) is 8.81. The van der Waals surface area contributed by atoms with Gasteiger partial charge in [-0.05, 0) is 12.1 Å². The Morgan fingerprint density at radius 3 is 2.58 bits per heavy atom. The van der Waals surface area contributed by atoms with Gasteiger partial charge in [0.2, 0.25) is 0 Å². The molecule has 0 spiro atoms. The molecule has 1 aromatic rings. The number of halogens is 1. The molecule has 64 valence electrons. The van der Waals surface area contributed by atoms with Gasteiger partial charge in [-0.2, -0.15) is 0 Å². The van der Waals surface area contributed by atoms with Crippen molar-refractivity contribution in [2.24, 2.45) is 0 Å². The van der Waals surface area contributed by atoms with Crippen molar-refractivity contribution >= 4 is 5.91 Å². The monoisotopic (exact) mass is 166 g/mol. The SMILES string of the molecule is O=C(NCC[18F])c1ccccc1. The van der Waals surface area contributed by atoms with Crippen LogP contribution in [-0.4, -0.2) is 19.1 Å². The summed E-state index contributed by atoms with van der Waals surface area (Å²) in [5, 5.41) is 2.43. The van der Waals surface area contributed by atoms with Crippen molar-refractivity contribution in [3.05, 3.63) is 35.9 Å². The van der Waals surface area contributed by atoms with Crippen molar-refractivity contribution < 1.29 is 9.18 Å². The third kappa shape index (κ3) is 2.34. The van der Waals surface area contributed by atoms with E-state index in [1.807, 2.05) is 6.07 Å². The highest BCUT2D eigenvalue weighted by molar-refractivity contribution is 5.94. The van der Waals surface area contributed by atoms with Gasteiger partial charge in [0.25, 0.3) is 5.91 Å². The van der Waals surface area contributed by atoms with Crippen molar-refractivity contribution in [1.29, 1.82) is 0 Å². The average Bonchev–Trinajstić information content (AvgIpc) is 2.15. The first-order valence-corrected chi connectivity index (χ1v) is 3.74. The number of alkyl halides is 1. The molecule has 0 saturated carbocycles. The van der Waals surface area contributed by atoms with Crippen molar-refractivity contribution in [2.75, 3.05) is 13.2 Å². The minimum Gasteiger partial charge on any atom is -0.349 e. The second-order valence-electron chi connectivity index (χ2n) is 2.31. The van der Waals surface area contributed by atoms with Crippen LogP contribution in [0.1, 0.15) is 10.4 Å². The number of amides is 1. The smallest absolute Gasteiger partial charge is 0.251 e. The Labute approximate surface area is 70.4 Å². The molecule has 3 heteroatoms. The second-order valence-corrected chi connectivity index (χ2v) is 2.31. The average molecular weight is 166 g/mol. The molecule has 1 rings (SSSR count). The molecule has 12 heavy (non-hydrogen) atoms. The number of nitrogens with one attached hydrogen (secondary N) is 1. The molecular weight excluding hydrogens is 156 g/mol. The number of carbonyl (C=O) groups is 1. The van der Waals surface area contributed by atoms with Crippen LogP contribution in [0.25, 0.3) is 0 Å². The van der Waals surface area contributed by atoms with Gasteiger partial charge in [0.1, 0.15) is 6.67 Å². The summed E-state index contributed by atoms with van der Waals surface area (Å²) in [5.74, 6) is -0.228. The molecule has 1 aromatic carbocycles. The topological polar surface area (TPSA) is 29.1 Å². The van der Waals surface area contributed by atoms with Gasteiger partial charge >= 0.3 is 0 Å². The van der Waals surface area contributed by atoms with Gasteiger partial charge in [-0.25, -0.2) is 4.39 Å². The minimum atomic E-state index is -0.529. The van der Waals surface area contributed by atoms with E-state index in [2.05, 4.69) is 5.32 Å². The first-order chi connectivity index (χ1) is 5.84. The van der Waals surface area contributed by atoms with Crippen LogP contribution in [0.5, 0.6) is 0 Å². The van der Waals surface area contributed by atoms with E-state index in [1.54, 1.807) is 24.3 Å². The van der Waals surface area contributed by atoms with Crippen molar-refractivity contribution in [2.45, 2.75) is 0 Å². The summed E-state index contributed by atoms with van der Waals surface area (Å²) in [6.45, 7) is -0.452. The quantitative estimate of drug-likeness (QED) is 0.722. The largest absolute Gasteiger partial charge is 0.349 e. The number of hydrogen-bond acceptors (Lipinski definition) is 1. The number of carbonyl (C=O) groups excluding carboxylic acids is 1. The van der Waals surface area contributed by atoms with Crippen LogP contribution in [0.2, 0.25) is 0 Å². The van der Waals surface area contributed by atoms with Gasteiger partial charge < -0.3 is 5.32 Å². The molecule has 0 unspecified atom stereocenters. The molecule has 0 bridgehead atoms. The highest BCUT2D eigenvalue weighted by Crippen LogP contribution is 1.96. The van der Waals surface area contributed by atoms with Crippen LogP contribution in [0.15, 0.2) is 30.3 Å². The molecule has 1 N–H and O–H groups in total. The first-order valence-electron chi connectivity index (χ1n) is 3.74. The molecule has 0 aliphatic rings. The lowest BCUT2D eigenvalue weighted by atomic mass is 10.2. The van der Waals surface area contributed by atoms with Gasteiger partial charge in [-0.15, -0.1) is 0 Å². The van der Waals surface area contributed by atoms with E-state index in [-0.39, 0.29) is 12.5 Å². The zero-order valence-electron chi connectivity index (χ0n) is 6.59. The summed E-state index contributed by atoms with van der Waals surface area (Å²) in [4.78, 5) is 11.1. The van der Waals surface area contributed by atoms with Gasteiger partial charge in [0.15, 0.2) is 0 Å². The highest BCUT2D eigenvalue weighted by Gasteiger charge is 2.01. The fourth-order valence-electron chi connectivity index (χ4n) is 0.852. The summed E-state index contributed by atoms with van der Waals surface area (Å²) >= 11 is 0. The molecule has 0 atom stereocenters. The minimum absolute atomic E-state index is 0.0771. The molecule has 0 aromatic heterocycles. The van der Waals surface area contributed by atoms with E-state index in [0.29, 0.717) is 5.56 Å². The molecule has 2 nitrogen and oxygen atoms in total. The normalized spacial score (nSPS) is 9.42. The summed E-state index contributed by atoms with van der Waals surface area (Å²) in [6, 6.07) is 8.74. The first kappa shape index (κ1) is 8.71. The van der Waals surface area contributed by atoms with E-state index < -0.39 is 6.67 Å². The number of benzene rings is 1. The maximum atomic E-state index is 11.7. The summed E-state index contributed by atoms with van der Waals surface area (Å²) in [6.07, 6.45) is 0. The third-order valence-corrected chi connectivity index (χ3v) is 1.42. The molecule has 0 aliphatic carbocycles. The molecule has 0 saturated heterocycles. The highest BCUT2D eigenvalue weighted by atomic mass is 18.2. The molecule has 0 aliphatic heterocycles. The van der Waals surface area contributed by atoms with Crippen LogP contribution < -0.4 is 5.32 Å². The van der Waals surface area contributed by atoms with Crippen molar-refractivity contribution in [1.82, 2.24) is 5.32 Å². The Kier molecular flexibility index (Phi) is 3.26. The van der Waals surface area contributed by atoms with E-state index in [0.717, 1.165) is 0 Å². The fourth-order valence-corrected chi connectivity index (χ4v) is 0.852. The zero-order valence-corrected chi connectivity index (χ0v) is 6.59. The van der Waals surface area contributed by atoms with Crippen LogP contribution in [0.3, 0.4) is 0 Å². The number of rotatable bonds is 3. The van der Waals surface area contributed by atoms with Crippen LogP contribution in [0.4, 0.5) is 4.39 Å². The Hall–Kier alpha value is -1.38. The summed E-state index contributed by atoms with van der Waals surface area (Å²) in [5.41, 5.74) is 0.561. The van der Waals surface area contributed by atoms with Crippen LogP contribution in [0, 0.1) is 0 Å². The molecular formula is C9H10FNO. The standard InChI is InChI=1S/C9H10FNO/c10-6-7-11-9(12)8-4-2-1-3-5-8/h1-5H,6-7H2,(H,11,12)/i10-1. The third-order valence-electron chi connectivity index (χ3n) is 1.42. The molecule has 0 radical (unpaired) electrons. The maximum Gasteiger partial charge on any atom is 0.251 e. The second kappa shape index (κ2) is 4.49. The lowest BCUT2D eigenvalue weighted by molar-refractivity contribution is 0.0951. The van der Waals surface area contributed by atoms with Gasteiger partial charge in [0, 0.05) is 12.1 Å². The summed E-state index contributed by atoms with van der Waals surface area (Å²) in [7, 11) is 0. The van der Waals surface area contributed by atoms with Gasteiger partial charge in [0.05, 0.1) is 0 Å². The van der Waals surface area contributed by atoms with E-state index in [9.17, 15) is 9.18 Å².